The Labute approximate surface area is 137 Å². The average molecular weight is 317 g/mol. The molecule has 2 aromatic rings. The summed E-state index contributed by atoms with van der Waals surface area (Å²) in [5.41, 5.74) is 13.9. The lowest BCUT2D eigenvalue weighted by atomic mass is 10.1. The summed E-state index contributed by atoms with van der Waals surface area (Å²) in [6.45, 7) is 11.2. The molecule has 0 aliphatic rings. The third kappa shape index (κ3) is 3.47. The van der Waals surface area contributed by atoms with Crippen LogP contribution in [0.5, 0.6) is 0 Å². The highest BCUT2D eigenvalue weighted by Gasteiger charge is 2.18. The number of aromatic nitrogens is 3. The number of fused-ring (bicyclic) bond motifs is 1. The van der Waals surface area contributed by atoms with Gasteiger partial charge in [0.05, 0.1) is 12.6 Å². The van der Waals surface area contributed by atoms with Crippen molar-refractivity contribution in [3.05, 3.63) is 28.9 Å². The third-order valence-corrected chi connectivity index (χ3v) is 4.01. The second kappa shape index (κ2) is 7.00. The number of anilines is 1. The number of nitrogens with zero attached hydrogens (tertiary/aromatic N) is 3. The van der Waals surface area contributed by atoms with Crippen LogP contribution in [0.15, 0.2) is 11.8 Å². The smallest absolute Gasteiger partial charge is 0.151 e. The Morgan fingerprint density at radius 2 is 2.04 bits per heavy atom. The molecule has 2 heterocycles. The highest BCUT2D eigenvalue weighted by atomic mass is 16.6. The lowest BCUT2D eigenvalue weighted by molar-refractivity contribution is 0.118. The molecule has 0 amide bonds. The zero-order valence-corrected chi connectivity index (χ0v) is 14.9. The van der Waals surface area contributed by atoms with Crippen LogP contribution >= 0.6 is 0 Å². The number of rotatable bonds is 6. The number of pyridine rings is 1. The summed E-state index contributed by atoms with van der Waals surface area (Å²) < 4.78 is 2.27. The van der Waals surface area contributed by atoms with Gasteiger partial charge in [0.1, 0.15) is 11.3 Å². The molecule has 0 saturated carbocycles. The van der Waals surface area contributed by atoms with Crippen LogP contribution in [-0.2, 0) is 11.4 Å². The van der Waals surface area contributed by atoms with Crippen molar-refractivity contribution in [3.8, 4) is 0 Å². The van der Waals surface area contributed by atoms with E-state index in [0.717, 1.165) is 46.8 Å². The Hall–Kier alpha value is -2.08. The molecular formula is C17H27N5O. The quantitative estimate of drug-likeness (QED) is 0.800. The predicted octanol–water partition coefficient (Wildman–Crippen LogP) is 3.20. The number of nitrogens with one attached hydrogen (secondary N) is 1. The summed E-state index contributed by atoms with van der Waals surface area (Å²) in [4.78, 5) is 14.1. The van der Waals surface area contributed by atoms with E-state index in [0.29, 0.717) is 11.7 Å². The zero-order valence-electron chi connectivity index (χ0n) is 14.9. The molecule has 0 fully saturated rings. The minimum absolute atomic E-state index is 0.323. The first kappa shape index (κ1) is 17.3. The van der Waals surface area contributed by atoms with Gasteiger partial charge in [-0.1, -0.05) is 19.9 Å². The van der Waals surface area contributed by atoms with E-state index in [-0.39, 0.29) is 0 Å². The van der Waals surface area contributed by atoms with Gasteiger partial charge >= 0.3 is 0 Å². The summed E-state index contributed by atoms with van der Waals surface area (Å²) in [7, 11) is 1.61. The summed E-state index contributed by atoms with van der Waals surface area (Å²) in [5.74, 6) is 1.88. The molecule has 0 aliphatic carbocycles. The van der Waals surface area contributed by atoms with Crippen molar-refractivity contribution in [1.82, 2.24) is 20.0 Å². The molecule has 0 aromatic carbocycles. The average Bonchev–Trinajstić information content (AvgIpc) is 2.86. The zero-order chi connectivity index (χ0) is 17.1. The fourth-order valence-electron chi connectivity index (χ4n) is 2.80. The SMILES string of the molecule is CONC(C)=CCCn1c(C(C)C)nc2c(N)nc(C)c(C)c21. The van der Waals surface area contributed by atoms with E-state index in [1.54, 1.807) is 7.11 Å². The van der Waals surface area contributed by atoms with Crippen molar-refractivity contribution in [1.29, 1.82) is 0 Å². The maximum atomic E-state index is 6.10. The fourth-order valence-corrected chi connectivity index (χ4v) is 2.80. The number of nitrogens with two attached hydrogens (primary N) is 1. The van der Waals surface area contributed by atoms with Gasteiger partial charge in [-0.25, -0.2) is 9.97 Å². The maximum absolute atomic E-state index is 6.10. The maximum Gasteiger partial charge on any atom is 0.151 e. The molecule has 0 spiro atoms. The Morgan fingerprint density at radius 1 is 1.35 bits per heavy atom. The Morgan fingerprint density at radius 3 is 2.65 bits per heavy atom. The molecule has 0 radical (unpaired) electrons. The minimum Gasteiger partial charge on any atom is -0.382 e. The Balaban J connectivity index is 2.48. The van der Waals surface area contributed by atoms with Crippen LogP contribution in [0.3, 0.4) is 0 Å². The second-order valence-corrected chi connectivity index (χ2v) is 6.16. The molecule has 2 aromatic heterocycles. The number of hydrogen-bond donors (Lipinski definition) is 2. The third-order valence-electron chi connectivity index (χ3n) is 4.01. The van der Waals surface area contributed by atoms with Gasteiger partial charge in [-0.3, -0.25) is 10.3 Å². The number of imidazole rings is 1. The summed E-state index contributed by atoms with van der Waals surface area (Å²) in [5, 5.41) is 0. The van der Waals surface area contributed by atoms with Gasteiger partial charge in [-0.05, 0) is 32.8 Å². The first-order chi connectivity index (χ1) is 10.9. The van der Waals surface area contributed by atoms with Crippen LogP contribution in [0.25, 0.3) is 11.0 Å². The van der Waals surface area contributed by atoms with E-state index < -0.39 is 0 Å². The van der Waals surface area contributed by atoms with Crippen molar-refractivity contribution >= 4 is 16.9 Å². The van der Waals surface area contributed by atoms with Crippen LogP contribution in [0, 0.1) is 13.8 Å². The molecule has 0 atom stereocenters. The number of aryl methyl sites for hydroxylation is 3. The van der Waals surface area contributed by atoms with Gasteiger partial charge in [-0.15, -0.1) is 0 Å². The van der Waals surface area contributed by atoms with Gasteiger partial charge in [-0.2, -0.15) is 0 Å². The number of hydrogen-bond acceptors (Lipinski definition) is 5. The molecule has 0 aliphatic heterocycles. The molecule has 2 rings (SSSR count). The van der Waals surface area contributed by atoms with Crippen LogP contribution in [-0.4, -0.2) is 21.6 Å². The molecule has 126 valence electrons. The molecule has 6 nitrogen and oxygen atoms in total. The van der Waals surface area contributed by atoms with Crippen LogP contribution in [0.1, 0.15) is 50.2 Å². The van der Waals surface area contributed by atoms with E-state index in [2.05, 4.69) is 41.9 Å². The Kier molecular flexibility index (Phi) is 5.26. The monoisotopic (exact) mass is 317 g/mol. The summed E-state index contributed by atoms with van der Waals surface area (Å²) in [6, 6.07) is 0. The first-order valence-electron chi connectivity index (χ1n) is 7.95. The standard InChI is InChI=1S/C17H27N5O/c1-10(2)17-20-14-15(12(4)13(5)19-16(14)18)22(17)9-7-8-11(3)21-23-6/h8,10,21H,7,9H2,1-6H3,(H2,18,19). The summed E-state index contributed by atoms with van der Waals surface area (Å²) in [6.07, 6.45) is 3.00. The molecule has 6 heteroatoms. The van der Waals surface area contributed by atoms with E-state index in [1.807, 2.05) is 13.8 Å². The lowest BCUT2D eigenvalue weighted by Gasteiger charge is -2.13. The van der Waals surface area contributed by atoms with Crippen molar-refractivity contribution in [2.45, 2.75) is 53.5 Å². The van der Waals surface area contributed by atoms with Crippen molar-refractivity contribution in [2.24, 2.45) is 0 Å². The topological polar surface area (TPSA) is 78.0 Å². The van der Waals surface area contributed by atoms with Gasteiger partial charge < -0.3 is 10.3 Å². The normalized spacial score (nSPS) is 12.4. The van der Waals surface area contributed by atoms with Gasteiger partial charge in [0.2, 0.25) is 0 Å². The van der Waals surface area contributed by atoms with E-state index in [4.69, 9.17) is 15.6 Å². The van der Waals surface area contributed by atoms with Crippen molar-refractivity contribution in [3.63, 3.8) is 0 Å². The van der Waals surface area contributed by atoms with Gasteiger partial charge in [0.25, 0.3) is 0 Å². The number of allylic oxidation sites excluding steroid dienone is 2. The first-order valence-corrected chi connectivity index (χ1v) is 7.95. The van der Waals surface area contributed by atoms with Crippen LogP contribution < -0.4 is 11.2 Å². The highest BCUT2D eigenvalue weighted by molar-refractivity contribution is 5.88. The van der Waals surface area contributed by atoms with Gasteiger partial charge in [0, 0.05) is 23.9 Å². The van der Waals surface area contributed by atoms with E-state index >= 15 is 0 Å². The van der Waals surface area contributed by atoms with Crippen LogP contribution in [0.4, 0.5) is 5.82 Å². The molecule has 23 heavy (non-hydrogen) atoms. The molecule has 0 saturated heterocycles. The molecule has 0 bridgehead atoms. The fraction of sp³-hybridized carbons (Fsp3) is 0.529. The number of hydroxylamine groups is 1. The second-order valence-electron chi connectivity index (χ2n) is 6.16. The largest absolute Gasteiger partial charge is 0.382 e. The van der Waals surface area contributed by atoms with Crippen LogP contribution in [0.2, 0.25) is 0 Å². The summed E-state index contributed by atoms with van der Waals surface area (Å²) >= 11 is 0. The molecule has 3 N–H and O–H groups in total. The van der Waals surface area contributed by atoms with Crippen molar-refractivity contribution < 1.29 is 4.84 Å². The predicted molar refractivity (Wildman–Crippen MR) is 94.0 cm³/mol. The Bertz CT molecular complexity index is 730. The minimum atomic E-state index is 0.323. The van der Waals surface area contributed by atoms with E-state index in [9.17, 15) is 0 Å². The van der Waals surface area contributed by atoms with Gasteiger partial charge in [0.15, 0.2) is 5.82 Å². The number of nitrogen functional groups attached to an aromatic ring is 1. The van der Waals surface area contributed by atoms with E-state index in [1.165, 1.54) is 0 Å². The lowest BCUT2D eigenvalue weighted by Crippen LogP contribution is -2.10. The highest BCUT2D eigenvalue weighted by Crippen LogP contribution is 2.29. The molecular weight excluding hydrogens is 290 g/mol. The van der Waals surface area contributed by atoms with Crippen molar-refractivity contribution in [2.75, 3.05) is 12.8 Å². The molecule has 0 unspecified atom stereocenters.